The molecule has 0 atom stereocenters. The molecule has 0 spiro atoms. The number of carbonyl (C=O) groups is 2. The van der Waals surface area contributed by atoms with Gasteiger partial charge in [-0.25, -0.2) is 4.98 Å². The fourth-order valence-corrected chi connectivity index (χ4v) is 5.69. The van der Waals surface area contributed by atoms with Gasteiger partial charge in [-0.1, -0.05) is 30.8 Å². The Morgan fingerprint density at radius 2 is 1.95 bits per heavy atom. The van der Waals surface area contributed by atoms with E-state index in [0.29, 0.717) is 28.9 Å². The summed E-state index contributed by atoms with van der Waals surface area (Å²) in [7, 11) is 1.80. The molecule has 0 unspecified atom stereocenters. The fraction of sp³-hybridized carbons (Fsp3) is 0.241. The van der Waals surface area contributed by atoms with Gasteiger partial charge in [0.2, 0.25) is 11.9 Å². The SMILES string of the molecule is C=CC(=O)N(C)CCC1CC(n2c(NC(=O)c3ccc(-c4ccc(C#N)cc4)s3)nc3ccccc32)C1. The highest BCUT2D eigenvalue weighted by molar-refractivity contribution is 7.17. The van der Waals surface area contributed by atoms with E-state index in [2.05, 4.69) is 22.5 Å². The standard InChI is InChI=1S/C29H27N5O2S/c1-3-27(35)33(2)15-14-20-16-22(17-20)34-24-7-5-4-6-23(24)31-29(34)32-28(36)26-13-12-25(37-26)21-10-8-19(18-30)9-11-21/h3-13,20,22H,1,14-17H2,2H3,(H,31,32,36). The largest absolute Gasteiger partial charge is 0.342 e. The van der Waals surface area contributed by atoms with Crippen LogP contribution in [-0.2, 0) is 4.79 Å². The highest BCUT2D eigenvalue weighted by Gasteiger charge is 2.33. The van der Waals surface area contributed by atoms with E-state index in [4.69, 9.17) is 10.2 Å². The molecule has 7 nitrogen and oxygen atoms in total. The molecular formula is C29H27N5O2S. The lowest BCUT2D eigenvalue weighted by Crippen LogP contribution is -2.33. The van der Waals surface area contributed by atoms with Crippen LogP contribution in [0.4, 0.5) is 5.95 Å². The van der Waals surface area contributed by atoms with Crippen molar-refractivity contribution in [2.75, 3.05) is 18.9 Å². The molecule has 5 rings (SSSR count). The van der Waals surface area contributed by atoms with E-state index in [0.717, 1.165) is 40.7 Å². The van der Waals surface area contributed by atoms with Crippen molar-refractivity contribution >= 4 is 40.1 Å². The number of benzene rings is 2. The summed E-state index contributed by atoms with van der Waals surface area (Å²) in [4.78, 5) is 33.0. The maximum atomic E-state index is 13.2. The number of nitrogens with one attached hydrogen (secondary N) is 1. The third-order valence-corrected chi connectivity index (χ3v) is 8.08. The third kappa shape index (κ3) is 5.04. The molecule has 1 saturated carbocycles. The third-order valence-electron chi connectivity index (χ3n) is 6.95. The summed E-state index contributed by atoms with van der Waals surface area (Å²) < 4.78 is 2.15. The highest BCUT2D eigenvalue weighted by Crippen LogP contribution is 2.43. The van der Waals surface area contributed by atoms with Crippen LogP contribution in [-0.4, -0.2) is 39.9 Å². The topological polar surface area (TPSA) is 91.0 Å². The summed E-state index contributed by atoms with van der Waals surface area (Å²) in [6.45, 7) is 4.25. The Kier molecular flexibility index (Phi) is 6.89. The van der Waals surface area contributed by atoms with Crippen LogP contribution in [0, 0.1) is 17.2 Å². The van der Waals surface area contributed by atoms with Crippen molar-refractivity contribution in [1.82, 2.24) is 14.5 Å². The Hall–Kier alpha value is -4.22. The van der Waals surface area contributed by atoms with Crippen molar-refractivity contribution in [3.63, 3.8) is 0 Å². The Bertz CT molecular complexity index is 1510. The number of carbonyl (C=O) groups excluding carboxylic acids is 2. The molecule has 0 bridgehead atoms. The van der Waals surface area contributed by atoms with Crippen molar-refractivity contribution in [3.05, 3.63) is 83.8 Å². The molecule has 0 saturated heterocycles. The zero-order valence-electron chi connectivity index (χ0n) is 20.6. The molecule has 37 heavy (non-hydrogen) atoms. The van der Waals surface area contributed by atoms with E-state index >= 15 is 0 Å². The zero-order valence-corrected chi connectivity index (χ0v) is 21.4. The quantitative estimate of drug-likeness (QED) is 0.301. The molecule has 2 aromatic carbocycles. The lowest BCUT2D eigenvalue weighted by Gasteiger charge is -2.38. The zero-order chi connectivity index (χ0) is 25.9. The van der Waals surface area contributed by atoms with Crippen LogP contribution in [0.2, 0.25) is 0 Å². The number of nitrogens with zero attached hydrogens (tertiary/aromatic N) is 4. The van der Waals surface area contributed by atoms with Crippen LogP contribution >= 0.6 is 11.3 Å². The molecule has 1 N–H and O–H groups in total. The summed E-state index contributed by atoms with van der Waals surface area (Å²) in [6, 6.07) is 21.4. The molecule has 2 amide bonds. The number of nitriles is 1. The van der Waals surface area contributed by atoms with E-state index in [-0.39, 0.29) is 17.9 Å². The highest BCUT2D eigenvalue weighted by atomic mass is 32.1. The second-order valence-corrected chi connectivity index (χ2v) is 10.4. The van der Waals surface area contributed by atoms with E-state index in [1.807, 2.05) is 48.5 Å². The van der Waals surface area contributed by atoms with Crippen LogP contribution in [0.15, 0.2) is 73.3 Å². The minimum atomic E-state index is -0.193. The molecule has 186 valence electrons. The number of para-hydroxylation sites is 2. The summed E-state index contributed by atoms with van der Waals surface area (Å²) in [5.41, 5.74) is 3.43. The maximum Gasteiger partial charge on any atom is 0.268 e. The molecule has 1 aliphatic rings. The molecule has 4 aromatic rings. The lowest BCUT2D eigenvalue weighted by atomic mass is 9.78. The van der Waals surface area contributed by atoms with Gasteiger partial charge in [0.25, 0.3) is 5.91 Å². The summed E-state index contributed by atoms with van der Waals surface area (Å²) in [5, 5.41) is 12.1. The first-order chi connectivity index (χ1) is 18.0. The molecule has 2 aromatic heterocycles. The van der Waals surface area contributed by atoms with Crippen molar-refractivity contribution in [1.29, 1.82) is 5.26 Å². The number of amides is 2. The molecule has 0 radical (unpaired) electrons. The number of anilines is 1. The Balaban J connectivity index is 1.30. The number of thiophene rings is 1. The van der Waals surface area contributed by atoms with E-state index in [1.165, 1.54) is 17.4 Å². The monoisotopic (exact) mass is 509 g/mol. The molecule has 2 heterocycles. The van der Waals surface area contributed by atoms with Gasteiger partial charge in [0.05, 0.1) is 27.5 Å². The fourth-order valence-electron chi connectivity index (χ4n) is 4.78. The number of hydrogen-bond donors (Lipinski definition) is 1. The predicted octanol–water partition coefficient (Wildman–Crippen LogP) is 5.87. The number of aromatic nitrogens is 2. The van der Waals surface area contributed by atoms with Gasteiger partial charge in [-0.15, -0.1) is 11.3 Å². The van der Waals surface area contributed by atoms with Gasteiger partial charge in [-0.2, -0.15) is 5.26 Å². The number of likely N-dealkylation sites (N-methyl/N-ethyl adjacent to an activating group) is 1. The molecule has 0 aliphatic heterocycles. The smallest absolute Gasteiger partial charge is 0.268 e. The number of hydrogen-bond acceptors (Lipinski definition) is 5. The van der Waals surface area contributed by atoms with Crippen molar-refractivity contribution < 1.29 is 9.59 Å². The van der Waals surface area contributed by atoms with Gasteiger partial charge in [-0.3, -0.25) is 14.9 Å². The molecule has 1 fully saturated rings. The number of imidazole rings is 1. The van der Waals surface area contributed by atoms with Crippen molar-refractivity contribution in [2.45, 2.75) is 25.3 Å². The summed E-state index contributed by atoms with van der Waals surface area (Å²) in [5.74, 6) is 0.822. The Morgan fingerprint density at radius 3 is 2.68 bits per heavy atom. The van der Waals surface area contributed by atoms with E-state index in [9.17, 15) is 9.59 Å². The normalized spacial score (nSPS) is 16.5. The lowest BCUT2D eigenvalue weighted by molar-refractivity contribution is -0.125. The predicted molar refractivity (Wildman–Crippen MR) is 146 cm³/mol. The second kappa shape index (κ2) is 10.4. The average Bonchev–Trinajstić information content (AvgIpc) is 3.53. The second-order valence-electron chi connectivity index (χ2n) is 9.35. The Labute approximate surface area is 219 Å². The van der Waals surface area contributed by atoms with Gasteiger partial charge in [-0.05, 0) is 73.2 Å². The summed E-state index contributed by atoms with van der Waals surface area (Å²) in [6.07, 6.45) is 4.23. The minimum Gasteiger partial charge on any atom is -0.342 e. The van der Waals surface area contributed by atoms with Crippen LogP contribution in [0.3, 0.4) is 0 Å². The van der Waals surface area contributed by atoms with Gasteiger partial charge in [0.15, 0.2) is 0 Å². The van der Waals surface area contributed by atoms with Gasteiger partial charge in [0, 0.05) is 24.5 Å². The van der Waals surface area contributed by atoms with Gasteiger partial charge >= 0.3 is 0 Å². The van der Waals surface area contributed by atoms with Crippen LogP contribution in [0.5, 0.6) is 0 Å². The van der Waals surface area contributed by atoms with Crippen molar-refractivity contribution in [3.8, 4) is 16.5 Å². The summed E-state index contributed by atoms with van der Waals surface area (Å²) >= 11 is 1.41. The molecular weight excluding hydrogens is 482 g/mol. The number of fused-ring (bicyclic) bond motifs is 1. The first-order valence-electron chi connectivity index (χ1n) is 12.2. The van der Waals surface area contributed by atoms with Crippen LogP contribution < -0.4 is 5.32 Å². The van der Waals surface area contributed by atoms with Crippen molar-refractivity contribution in [2.24, 2.45) is 5.92 Å². The Morgan fingerprint density at radius 1 is 1.19 bits per heavy atom. The van der Waals surface area contributed by atoms with Gasteiger partial charge in [0.1, 0.15) is 0 Å². The first kappa shape index (κ1) is 24.5. The van der Waals surface area contributed by atoms with Crippen LogP contribution in [0.1, 0.15) is 40.5 Å². The van der Waals surface area contributed by atoms with E-state index < -0.39 is 0 Å². The van der Waals surface area contributed by atoms with Crippen LogP contribution in [0.25, 0.3) is 21.5 Å². The molecule has 8 heteroatoms. The maximum absolute atomic E-state index is 13.2. The average molecular weight is 510 g/mol. The number of rotatable bonds is 8. The molecule has 1 aliphatic carbocycles. The minimum absolute atomic E-state index is 0.0580. The van der Waals surface area contributed by atoms with E-state index in [1.54, 1.807) is 24.1 Å². The van der Waals surface area contributed by atoms with Gasteiger partial charge < -0.3 is 9.47 Å². The first-order valence-corrected chi connectivity index (χ1v) is 13.0.